The van der Waals surface area contributed by atoms with Crippen molar-refractivity contribution in [2.24, 2.45) is 9.98 Å². The van der Waals surface area contributed by atoms with Gasteiger partial charge in [0.2, 0.25) is 6.17 Å². The van der Waals surface area contributed by atoms with Crippen LogP contribution in [0.4, 0.5) is 8.78 Å². The second-order valence-electron chi connectivity index (χ2n) is 2.49. The molecule has 2 nitrogen and oxygen atoms in total. The molecule has 0 saturated heterocycles. The van der Waals surface area contributed by atoms with E-state index in [2.05, 4.69) is 9.98 Å². The van der Waals surface area contributed by atoms with E-state index in [0.29, 0.717) is 10.7 Å². The highest BCUT2D eigenvalue weighted by Gasteiger charge is 2.19. The van der Waals surface area contributed by atoms with E-state index >= 15 is 0 Å². The molecule has 12 heavy (non-hydrogen) atoms. The van der Waals surface area contributed by atoms with Gasteiger partial charge < -0.3 is 0 Å². The van der Waals surface area contributed by atoms with Crippen molar-refractivity contribution in [1.29, 1.82) is 0 Å². The minimum atomic E-state index is -2.50. The van der Waals surface area contributed by atoms with Gasteiger partial charge in [0.15, 0.2) is 0 Å². The highest BCUT2D eigenvalue weighted by molar-refractivity contribution is 5.04. The second kappa shape index (κ2) is 2.62. The number of para-hydroxylation sites is 2. The Balaban J connectivity index is 2.53. The summed E-state index contributed by atoms with van der Waals surface area (Å²) in [7, 11) is 0. The molecule has 0 aromatic heterocycles. The Morgan fingerprint density at radius 1 is 1.08 bits per heavy atom. The van der Waals surface area contributed by atoms with Crippen LogP contribution in [0.1, 0.15) is 0 Å². The smallest absolute Gasteiger partial charge is 0.250 e. The number of halogens is 2. The maximum absolute atomic E-state index is 12.1. The zero-order valence-corrected chi connectivity index (χ0v) is 6.11. The Bertz CT molecular complexity index is 365. The predicted octanol–water partition coefficient (Wildman–Crippen LogP) is 0.531. The third-order valence-corrected chi connectivity index (χ3v) is 1.65. The normalized spacial score (nSPS) is 15.6. The van der Waals surface area contributed by atoms with Crippen molar-refractivity contribution >= 4 is 0 Å². The third-order valence-electron chi connectivity index (χ3n) is 1.65. The molecule has 4 heteroatoms. The van der Waals surface area contributed by atoms with Crippen molar-refractivity contribution in [1.82, 2.24) is 0 Å². The highest BCUT2D eigenvalue weighted by Crippen LogP contribution is 2.06. The molecule has 62 valence electrons. The Kier molecular flexibility index (Phi) is 1.60. The van der Waals surface area contributed by atoms with Crippen molar-refractivity contribution in [3.8, 4) is 0 Å². The minimum absolute atomic E-state index is 0.558. The molecule has 1 aliphatic rings. The number of nitrogens with zero attached hydrogens (tertiary/aromatic N) is 2. The SMILES string of the molecule is FC(F)C1N=c2ccccc2=N1. The summed E-state index contributed by atoms with van der Waals surface area (Å²) in [5.41, 5.74) is 0. The number of alkyl halides is 2. The van der Waals surface area contributed by atoms with E-state index in [1.54, 1.807) is 24.3 Å². The lowest BCUT2D eigenvalue weighted by Gasteiger charge is -1.98. The topological polar surface area (TPSA) is 24.7 Å². The first kappa shape index (κ1) is 7.34. The maximum atomic E-state index is 12.1. The first-order valence-corrected chi connectivity index (χ1v) is 3.56. The Labute approximate surface area is 67.3 Å². The van der Waals surface area contributed by atoms with Crippen LogP contribution in [0.5, 0.6) is 0 Å². The average Bonchev–Trinajstić information content (AvgIpc) is 2.46. The summed E-state index contributed by atoms with van der Waals surface area (Å²) in [6.07, 6.45) is -3.69. The molecule has 0 saturated carbocycles. The van der Waals surface area contributed by atoms with Gasteiger partial charge in [0.25, 0.3) is 6.43 Å². The Morgan fingerprint density at radius 2 is 1.58 bits per heavy atom. The quantitative estimate of drug-likeness (QED) is 0.584. The molecular weight excluding hydrogens is 162 g/mol. The van der Waals surface area contributed by atoms with Gasteiger partial charge in [-0.25, -0.2) is 8.78 Å². The zero-order chi connectivity index (χ0) is 8.55. The van der Waals surface area contributed by atoms with Crippen molar-refractivity contribution in [2.45, 2.75) is 12.6 Å². The zero-order valence-electron chi connectivity index (χ0n) is 6.11. The van der Waals surface area contributed by atoms with Crippen LogP contribution in [0, 0.1) is 0 Å². The maximum Gasteiger partial charge on any atom is 0.280 e. The molecule has 1 aromatic rings. The summed E-state index contributed by atoms with van der Waals surface area (Å²) in [4.78, 5) is 7.47. The largest absolute Gasteiger partial charge is 0.280 e. The third kappa shape index (κ3) is 1.09. The molecule has 0 atom stereocenters. The molecule has 0 amide bonds. The molecule has 0 bridgehead atoms. The monoisotopic (exact) mass is 168 g/mol. The molecule has 0 aliphatic carbocycles. The van der Waals surface area contributed by atoms with Crippen LogP contribution in [0.2, 0.25) is 0 Å². The molecule has 0 spiro atoms. The molecule has 0 N–H and O–H groups in total. The van der Waals surface area contributed by atoms with Crippen LogP contribution in [0.15, 0.2) is 34.3 Å². The first-order valence-electron chi connectivity index (χ1n) is 3.56. The minimum Gasteiger partial charge on any atom is -0.250 e. The van der Waals surface area contributed by atoms with Gasteiger partial charge in [-0.15, -0.1) is 0 Å². The fourth-order valence-electron chi connectivity index (χ4n) is 1.11. The van der Waals surface area contributed by atoms with Crippen LogP contribution in [-0.2, 0) is 0 Å². The number of rotatable bonds is 1. The van der Waals surface area contributed by atoms with Gasteiger partial charge in [0, 0.05) is 0 Å². The summed E-state index contributed by atoms with van der Waals surface area (Å²) in [5, 5.41) is 1.12. The second-order valence-corrected chi connectivity index (χ2v) is 2.49. The number of fused-ring (bicyclic) bond motifs is 1. The first-order chi connectivity index (χ1) is 5.77. The summed E-state index contributed by atoms with van der Waals surface area (Å²) in [6.45, 7) is 0. The standard InChI is InChI=1S/C8H6F2N2/c9-7(10)8-11-5-3-1-2-4-6(5)12-8/h1-4,7-8H. The van der Waals surface area contributed by atoms with Crippen LogP contribution in [0.3, 0.4) is 0 Å². The van der Waals surface area contributed by atoms with E-state index in [1.807, 2.05) is 0 Å². The van der Waals surface area contributed by atoms with Gasteiger partial charge in [-0.3, -0.25) is 9.98 Å². The van der Waals surface area contributed by atoms with Gasteiger partial charge in [-0.1, -0.05) is 12.1 Å². The highest BCUT2D eigenvalue weighted by atomic mass is 19.3. The number of hydrogen-bond acceptors (Lipinski definition) is 2. The van der Waals surface area contributed by atoms with E-state index in [9.17, 15) is 8.78 Å². The lowest BCUT2D eigenvalue weighted by Crippen LogP contribution is -2.19. The van der Waals surface area contributed by atoms with Crippen LogP contribution in [-0.4, -0.2) is 12.6 Å². The lowest BCUT2D eigenvalue weighted by molar-refractivity contribution is 0.120. The van der Waals surface area contributed by atoms with E-state index in [0.717, 1.165) is 0 Å². The Morgan fingerprint density at radius 3 is 2.00 bits per heavy atom. The van der Waals surface area contributed by atoms with Crippen molar-refractivity contribution in [3.05, 3.63) is 35.0 Å². The van der Waals surface area contributed by atoms with Gasteiger partial charge in [-0.05, 0) is 12.1 Å². The summed E-state index contributed by atoms with van der Waals surface area (Å²) < 4.78 is 24.2. The van der Waals surface area contributed by atoms with E-state index in [-0.39, 0.29) is 0 Å². The van der Waals surface area contributed by atoms with Crippen LogP contribution >= 0.6 is 0 Å². The van der Waals surface area contributed by atoms with Gasteiger partial charge in [0.1, 0.15) is 0 Å². The van der Waals surface area contributed by atoms with Crippen molar-refractivity contribution < 1.29 is 8.78 Å². The van der Waals surface area contributed by atoms with E-state index < -0.39 is 12.6 Å². The number of hydrogen-bond donors (Lipinski definition) is 0. The average molecular weight is 168 g/mol. The molecule has 0 unspecified atom stereocenters. The molecule has 1 aromatic carbocycles. The van der Waals surface area contributed by atoms with Gasteiger partial charge in [0.05, 0.1) is 10.7 Å². The van der Waals surface area contributed by atoms with E-state index in [4.69, 9.17) is 0 Å². The fourth-order valence-corrected chi connectivity index (χ4v) is 1.11. The van der Waals surface area contributed by atoms with Gasteiger partial charge in [-0.2, -0.15) is 0 Å². The summed E-state index contributed by atoms with van der Waals surface area (Å²) in [5.74, 6) is 0. The van der Waals surface area contributed by atoms with Crippen LogP contribution in [0.25, 0.3) is 0 Å². The van der Waals surface area contributed by atoms with Crippen molar-refractivity contribution in [3.63, 3.8) is 0 Å². The molecule has 2 rings (SSSR count). The number of benzene rings is 1. The fraction of sp³-hybridized carbons (Fsp3) is 0.250. The molecule has 1 aliphatic heterocycles. The molecule has 0 fully saturated rings. The lowest BCUT2D eigenvalue weighted by atomic mass is 10.3. The predicted molar refractivity (Wildman–Crippen MR) is 38.5 cm³/mol. The molecule has 0 radical (unpaired) electrons. The molecule has 1 heterocycles. The summed E-state index contributed by atoms with van der Waals surface area (Å²) in [6, 6.07) is 6.87. The summed E-state index contributed by atoms with van der Waals surface area (Å²) >= 11 is 0. The Hall–Kier alpha value is -1.32. The van der Waals surface area contributed by atoms with E-state index in [1.165, 1.54) is 0 Å². The van der Waals surface area contributed by atoms with Gasteiger partial charge >= 0.3 is 0 Å². The molecular formula is C8H6F2N2. The van der Waals surface area contributed by atoms with Crippen LogP contribution < -0.4 is 10.7 Å². The van der Waals surface area contributed by atoms with Crippen molar-refractivity contribution in [2.75, 3.05) is 0 Å².